The second-order valence-electron chi connectivity index (χ2n) is 2.50. The first-order valence-corrected chi connectivity index (χ1v) is 3.70. The van der Waals surface area contributed by atoms with Crippen molar-refractivity contribution >= 4 is 0 Å². The van der Waals surface area contributed by atoms with E-state index in [1.165, 1.54) is 14.2 Å². The summed E-state index contributed by atoms with van der Waals surface area (Å²) in [7, 11) is 2.54. The first-order valence-electron chi connectivity index (χ1n) is 3.70. The minimum absolute atomic E-state index is 0.00308. The summed E-state index contributed by atoms with van der Waals surface area (Å²) in [6.45, 7) is 0. The molecule has 0 aliphatic rings. The van der Waals surface area contributed by atoms with E-state index in [-0.39, 0.29) is 11.5 Å². The van der Waals surface area contributed by atoms with Crippen LogP contribution in [-0.4, -0.2) is 14.2 Å². The molecule has 0 N–H and O–H groups in total. The number of benzene rings is 1. The van der Waals surface area contributed by atoms with E-state index < -0.39 is 11.7 Å². The third-order valence-corrected chi connectivity index (χ3v) is 1.59. The van der Waals surface area contributed by atoms with E-state index in [0.29, 0.717) is 0 Å². The van der Waals surface area contributed by atoms with Gasteiger partial charge in [0.25, 0.3) is 0 Å². The number of rotatable bonds is 2. The van der Waals surface area contributed by atoms with Crippen molar-refractivity contribution in [2.24, 2.45) is 0 Å². The normalized spacial score (nSPS) is 11.2. The quantitative estimate of drug-likeness (QED) is 0.738. The van der Waals surface area contributed by atoms with Crippen molar-refractivity contribution in [2.45, 2.75) is 6.18 Å². The molecule has 1 aromatic carbocycles. The Morgan fingerprint density at radius 3 is 1.79 bits per heavy atom. The smallest absolute Gasteiger partial charge is 0.416 e. The lowest BCUT2D eigenvalue weighted by atomic mass is 10.2. The van der Waals surface area contributed by atoms with Gasteiger partial charge < -0.3 is 9.47 Å². The van der Waals surface area contributed by atoms with Crippen molar-refractivity contribution in [2.75, 3.05) is 14.2 Å². The lowest BCUT2D eigenvalue weighted by molar-refractivity contribution is -0.137. The van der Waals surface area contributed by atoms with Gasteiger partial charge in [-0.25, -0.2) is 0 Å². The van der Waals surface area contributed by atoms with Gasteiger partial charge in [0.05, 0.1) is 25.8 Å². The van der Waals surface area contributed by atoms with E-state index >= 15 is 0 Å². The van der Waals surface area contributed by atoms with Gasteiger partial charge in [-0.05, 0) is 12.1 Å². The molecule has 0 amide bonds. The Hall–Kier alpha value is -1.39. The van der Waals surface area contributed by atoms with E-state index in [9.17, 15) is 13.2 Å². The fraction of sp³-hybridized carbons (Fsp3) is 0.333. The lowest BCUT2D eigenvalue weighted by Gasteiger charge is -2.10. The Bertz CT molecular complexity index is 298. The molecular weight excluding hydrogens is 197 g/mol. The first kappa shape index (κ1) is 10.7. The molecule has 0 aromatic heterocycles. The Morgan fingerprint density at radius 1 is 1.07 bits per heavy atom. The third kappa shape index (κ3) is 2.31. The van der Waals surface area contributed by atoms with Gasteiger partial charge in [0.1, 0.15) is 11.5 Å². The average molecular weight is 205 g/mol. The van der Waals surface area contributed by atoms with Crippen LogP contribution in [0.3, 0.4) is 0 Å². The van der Waals surface area contributed by atoms with Gasteiger partial charge in [0, 0.05) is 0 Å². The van der Waals surface area contributed by atoms with Gasteiger partial charge in [-0.15, -0.1) is 0 Å². The largest absolute Gasteiger partial charge is 0.496 e. The highest BCUT2D eigenvalue weighted by atomic mass is 19.4. The van der Waals surface area contributed by atoms with Crippen LogP contribution >= 0.6 is 0 Å². The summed E-state index contributed by atoms with van der Waals surface area (Å²) in [4.78, 5) is 0. The maximum Gasteiger partial charge on any atom is 0.416 e. The van der Waals surface area contributed by atoms with Gasteiger partial charge in [-0.2, -0.15) is 13.2 Å². The molecule has 1 aromatic rings. The standard InChI is InChI=1S/C9H8F3O2/c1-13-7-3-6(9(10,11)12)4-8(5-7)14-2/h3-4H,1-2H3. The zero-order chi connectivity index (χ0) is 10.8. The van der Waals surface area contributed by atoms with Gasteiger partial charge >= 0.3 is 6.18 Å². The molecule has 0 atom stereocenters. The molecule has 0 fully saturated rings. The van der Waals surface area contributed by atoms with Crippen molar-refractivity contribution < 1.29 is 22.6 Å². The third-order valence-electron chi connectivity index (χ3n) is 1.59. The van der Waals surface area contributed by atoms with Crippen LogP contribution in [0.2, 0.25) is 0 Å². The van der Waals surface area contributed by atoms with Crippen LogP contribution in [0.5, 0.6) is 11.5 Å². The zero-order valence-electron chi connectivity index (χ0n) is 7.61. The zero-order valence-corrected chi connectivity index (χ0v) is 7.61. The molecule has 5 heteroatoms. The van der Waals surface area contributed by atoms with Crippen LogP contribution in [0, 0.1) is 6.07 Å². The molecule has 0 unspecified atom stereocenters. The maximum absolute atomic E-state index is 12.3. The summed E-state index contributed by atoms with van der Waals surface area (Å²) >= 11 is 0. The summed E-state index contributed by atoms with van der Waals surface area (Å²) in [5.74, 6) is -0.00616. The number of hydrogen-bond acceptors (Lipinski definition) is 2. The molecule has 2 nitrogen and oxygen atoms in total. The Labute approximate surface area is 79.2 Å². The molecule has 1 rings (SSSR count). The first-order chi connectivity index (χ1) is 6.47. The molecule has 0 aliphatic carbocycles. The maximum atomic E-state index is 12.3. The van der Waals surface area contributed by atoms with Crippen LogP contribution in [-0.2, 0) is 6.18 Å². The molecule has 0 spiro atoms. The molecular formula is C9H8F3O2. The van der Waals surface area contributed by atoms with Crippen LogP contribution in [0.1, 0.15) is 5.56 Å². The predicted octanol–water partition coefficient (Wildman–Crippen LogP) is 2.52. The molecule has 0 aliphatic heterocycles. The summed E-state index contributed by atoms with van der Waals surface area (Å²) in [6, 6.07) is 4.24. The Balaban J connectivity index is 3.17. The second kappa shape index (κ2) is 3.77. The van der Waals surface area contributed by atoms with Gasteiger partial charge in [0.2, 0.25) is 0 Å². The topological polar surface area (TPSA) is 18.5 Å². The van der Waals surface area contributed by atoms with Gasteiger partial charge in [0.15, 0.2) is 0 Å². The number of halogens is 3. The van der Waals surface area contributed by atoms with E-state index in [0.717, 1.165) is 12.1 Å². The highest BCUT2D eigenvalue weighted by Gasteiger charge is 2.31. The van der Waals surface area contributed by atoms with Crippen LogP contribution in [0.4, 0.5) is 13.2 Å². The number of alkyl halides is 3. The average Bonchev–Trinajstić information content (AvgIpc) is 2.15. The van der Waals surface area contributed by atoms with E-state index in [2.05, 4.69) is 15.5 Å². The van der Waals surface area contributed by atoms with Crippen LogP contribution in [0.25, 0.3) is 0 Å². The molecule has 14 heavy (non-hydrogen) atoms. The molecule has 1 radical (unpaired) electrons. The fourth-order valence-corrected chi connectivity index (χ4v) is 0.901. The number of methoxy groups -OCH3 is 2. The van der Waals surface area contributed by atoms with E-state index in [1.807, 2.05) is 0 Å². The minimum Gasteiger partial charge on any atom is -0.496 e. The molecule has 77 valence electrons. The minimum atomic E-state index is -4.41. The highest BCUT2D eigenvalue weighted by molar-refractivity contribution is 5.38. The van der Waals surface area contributed by atoms with Gasteiger partial charge in [-0.1, -0.05) is 0 Å². The van der Waals surface area contributed by atoms with Gasteiger partial charge in [-0.3, -0.25) is 0 Å². The molecule has 0 saturated carbocycles. The Kier molecular flexibility index (Phi) is 2.88. The summed E-state index contributed by atoms with van der Waals surface area (Å²) in [6.07, 6.45) is -4.41. The number of ether oxygens (including phenoxy) is 2. The van der Waals surface area contributed by atoms with E-state index in [1.54, 1.807) is 0 Å². The highest BCUT2D eigenvalue weighted by Crippen LogP contribution is 2.34. The molecule has 0 saturated heterocycles. The Morgan fingerprint density at radius 2 is 1.50 bits per heavy atom. The van der Waals surface area contributed by atoms with Crippen molar-refractivity contribution in [1.82, 2.24) is 0 Å². The van der Waals surface area contributed by atoms with Crippen molar-refractivity contribution in [1.29, 1.82) is 0 Å². The summed E-state index contributed by atoms with van der Waals surface area (Å²) < 4.78 is 46.2. The van der Waals surface area contributed by atoms with Crippen LogP contribution in [0.15, 0.2) is 12.1 Å². The summed E-state index contributed by atoms with van der Waals surface area (Å²) in [5, 5.41) is 0. The van der Waals surface area contributed by atoms with Crippen LogP contribution < -0.4 is 9.47 Å². The summed E-state index contributed by atoms with van der Waals surface area (Å²) in [5.41, 5.74) is -0.815. The SMILES string of the molecule is COc1[c]c(OC)cc(C(F)(F)F)c1. The fourth-order valence-electron chi connectivity index (χ4n) is 0.901. The lowest BCUT2D eigenvalue weighted by Crippen LogP contribution is -2.05. The van der Waals surface area contributed by atoms with Crippen molar-refractivity contribution in [3.05, 3.63) is 23.8 Å². The van der Waals surface area contributed by atoms with E-state index in [4.69, 9.17) is 0 Å². The predicted molar refractivity (Wildman–Crippen MR) is 43.4 cm³/mol. The molecule has 0 heterocycles. The monoisotopic (exact) mass is 205 g/mol. The van der Waals surface area contributed by atoms with Crippen molar-refractivity contribution in [3.8, 4) is 11.5 Å². The second-order valence-corrected chi connectivity index (χ2v) is 2.50. The molecule has 0 bridgehead atoms. The number of hydrogen-bond donors (Lipinski definition) is 0. The van der Waals surface area contributed by atoms with Crippen molar-refractivity contribution in [3.63, 3.8) is 0 Å².